The van der Waals surface area contributed by atoms with Crippen LogP contribution in [0.15, 0.2) is 18.2 Å². The second-order valence-electron chi connectivity index (χ2n) is 7.21. The van der Waals surface area contributed by atoms with Gasteiger partial charge in [0.15, 0.2) is 0 Å². The van der Waals surface area contributed by atoms with Crippen molar-refractivity contribution in [2.75, 3.05) is 19.6 Å². The molecule has 0 radical (unpaired) electrons. The normalized spacial score (nSPS) is 26.9. The summed E-state index contributed by atoms with van der Waals surface area (Å²) in [7, 11) is 0. The number of rotatable bonds is 3. The van der Waals surface area contributed by atoms with Gasteiger partial charge in [-0.1, -0.05) is 38.5 Å². The predicted molar refractivity (Wildman–Crippen MR) is 89.6 cm³/mol. The van der Waals surface area contributed by atoms with Crippen LogP contribution in [0.2, 0.25) is 0 Å². The van der Waals surface area contributed by atoms with Crippen molar-refractivity contribution in [1.29, 1.82) is 0 Å². The fourth-order valence-electron chi connectivity index (χ4n) is 4.33. The molecule has 3 rings (SSSR count). The highest BCUT2D eigenvalue weighted by Gasteiger charge is 2.40. The second-order valence-corrected chi connectivity index (χ2v) is 7.21. The summed E-state index contributed by atoms with van der Waals surface area (Å²) >= 11 is 0. The predicted octanol–water partition coefficient (Wildman–Crippen LogP) is 3.79. The van der Waals surface area contributed by atoms with Gasteiger partial charge < -0.3 is 5.73 Å². The fraction of sp³-hybridized carbons (Fsp3) is 0.684. The highest BCUT2D eigenvalue weighted by molar-refractivity contribution is 5.40. The minimum absolute atomic E-state index is 0.115. The number of hydrogen-bond donors (Lipinski definition) is 1. The molecule has 1 aromatic carbocycles. The molecule has 1 saturated heterocycles. The lowest BCUT2D eigenvalue weighted by Crippen LogP contribution is -2.54. The fourth-order valence-corrected chi connectivity index (χ4v) is 4.33. The molecule has 1 unspecified atom stereocenters. The Morgan fingerprint density at radius 3 is 2.57 bits per heavy atom. The van der Waals surface area contributed by atoms with Crippen LogP contribution in [0.4, 0.5) is 0 Å². The number of nitrogens with two attached hydrogens (primary N) is 1. The Kier molecular flexibility index (Phi) is 4.37. The van der Waals surface area contributed by atoms with Crippen LogP contribution in [-0.2, 0) is 12.0 Å². The molecule has 0 bridgehead atoms. The quantitative estimate of drug-likeness (QED) is 0.916. The summed E-state index contributed by atoms with van der Waals surface area (Å²) in [6.07, 6.45) is 7.80. The summed E-state index contributed by atoms with van der Waals surface area (Å²) in [5.74, 6) is 0.611. The van der Waals surface area contributed by atoms with Crippen LogP contribution in [0, 0.1) is 0 Å². The van der Waals surface area contributed by atoms with Gasteiger partial charge in [0.2, 0.25) is 0 Å². The van der Waals surface area contributed by atoms with Crippen LogP contribution in [0.3, 0.4) is 0 Å². The van der Waals surface area contributed by atoms with Crippen LogP contribution in [0.5, 0.6) is 0 Å². The van der Waals surface area contributed by atoms with E-state index in [-0.39, 0.29) is 5.54 Å². The summed E-state index contributed by atoms with van der Waals surface area (Å²) in [6.45, 7) is 7.78. The zero-order valence-corrected chi connectivity index (χ0v) is 13.7. The SMILES string of the molecule is CC(C)c1ccc2c(c1)CCCC2(CN)N1CCCCC1. The first-order chi connectivity index (χ1) is 10.2. The average Bonchev–Trinajstić information content (AvgIpc) is 2.54. The van der Waals surface area contributed by atoms with E-state index in [4.69, 9.17) is 5.73 Å². The highest BCUT2D eigenvalue weighted by Crippen LogP contribution is 2.41. The zero-order valence-electron chi connectivity index (χ0n) is 13.7. The summed E-state index contributed by atoms with van der Waals surface area (Å²) in [6, 6.07) is 7.18. The number of benzene rings is 1. The first-order valence-corrected chi connectivity index (χ1v) is 8.76. The summed E-state index contributed by atoms with van der Waals surface area (Å²) in [5, 5.41) is 0. The smallest absolute Gasteiger partial charge is 0.0586 e. The van der Waals surface area contributed by atoms with Crippen LogP contribution in [-0.4, -0.2) is 24.5 Å². The van der Waals surface area contributed by atoms with E-state index in [9.17, 15) is 0 Å². The number of nitrogens with zero attached hydrogens (tertiary/aromatic N) is 1. The highest BCUT2D eigenvalue weighted by atomic mass is 15.2. The number of piperidine rings is 1. The molecule has 0 amide bonds. The number of fused-ring (bicyclic) bond motifs is 1. The lowest BCUT2D eigenvalue weighted by molar-refractivity contribution is 0.0546. The summed E-state index contributed by atoms with van der Waals surface area (Å²) in [5.41, 5.74) is 11.0. The van der Waals surface area contributed by atoms with Crippen LogP contribution < -0.4 is 5.73 Å². The van der Waals surface area contributed by atoms with E-state index < -0.39 is 0 Å². The molecule has 21 heavy (non-hydrogen) atoms. The molecule has 1 atom stereocenters. The minimum atomic E-state index is 0.115. The van der Waals surface area contributed by atoms with E-state index in [0.29, 0.717) is 5.92 Å². The van der Waals surface area contributed by atoms with E-state index >= 15 is 0 Å². The van der Waals surface area contributed by atoms with Crippen molar-refractivity contribution in [3.8, 4) is 0 Å². The maximum atomic E-state index is 6.34. The molecule has 0 saturated carbocycles. The third-order valence-corrected chi connectivity index (χ3v) is 5.63. The van der Waals surface area contributed by atoms with Crippen molar-refractivity contribution in [1.82, 2.24) is 4.90 Å². The third-order valence-electron chi connectivity index (χ3n) is 5.63. The number of aryl methyl sites for hydroxylation is 1. The van der Waals surface area contributed by atoms with Crippen molar-refractivity contribution in [3.63, 3.8) is 0 Å². The maximum absolute atomic E-state index is 6.34. The van der Waals surface area contributed by atoms with E-state index in [2.05, 4.69) is 36.9 Å². The molecule has 0 aromatic heterocycles. The Labute approximate surface area is 129 Å². The molecule has 1 aromatic rings. The van der Waals surface area contributed by atoms with Crippen LogP contribution in [0.25, 0.3) is 0 Å². The van der Waals surface area contributed by atoms with Crippen molar-refractivity contribution < 1.29 is 0 Å². The number of hydrogen-bond acceptors (Lipinski definition) is 2. The molecule has 116 valence electrons. The van der Waals surface area contributed by atoms with Gasteiger partial charge in [0.25, 0.3) is 0 Å². The molecule has 1 aliphatic carbocycles. The van der Waals surface area contributed by atoms with Gasteiger partial charge in [-0.25, -0.2) is 0 Å². The van der Waals surface area contributed by atoms with Gasteiger partial charge in [-0.05, 0) is 67.8 Å². The monoisotopic (exact) mass is 286 g/mol. The largest absolute Gasteiger partial charge is 0.328 e. The minimum Gasteiger partial charge on any atom is -0.328 e. The molecule has 0 spiro atoms. The van der Waals surface area contributed by atoms with E-state index in [0.717, 1.165) is 6.54 Å². The summed E-state index contributed by atoms with van der Waals surface area (Å²) < 4.78 is 0. The van der Waals surface area contributed by atoms with Gasteiger partial charge in [0, 0.05) is 6.54 Å². The van der Waals surface area contributed by atoms with Gasteiger partial charge >= 0.3 is 0 Å². The molecule has 1 heterocycles. The molecule has 2 nitrogen and oxygen atoms in total. The Morgan fingerprint density at radius 1 is 1.14 bits per heavy atom. The average molecular weight is 286 g/mol. The van der Waals surface area contributed by atoms with Crippen molar-refractivity contribution in [2.45, 2.75) is 63.8 Å². The standard InChI is InChI=1S/C19H30N2/c1-15(2)16-8-9-18-17(13-16)7-6-10-19(18,14-20)21-11-4-3-5-12-21/h8-9,13,15H,3-7,10-12,14,20H2,1-2H3. The Morgan fingerprint density at radius 2 is 1.90 bits per heavy atom. The van der Waals surface area contributed by atoms with Gasteiger partial charge in [-0.2, -0.15) is 0 Å². The topological polar surface area (TPSA) is 29.3 Å². The van der Waals surface area contributed by atoms with Crippen molar-refractivity contribution in [3.05, 3.63) is 34.9 Å². The molecule has 1 fully saturated rings. The Hall–Kier alpha value is -0.860. The Balaban J connectivity index is 2.00. The first kappa shape index (κ1) is 15.1. The van der Waals surface area contributed by atoms with Gasteiger partial charge in [-0.15, -0.1) is 0 Å². The van der Waals surface area contributed by atoms with Crippen molar-refractivity contribution in [2.24, 2.45) is 5.73 Å². The Bertz CT molecular complexity index is 488. The lowest BCUT2D eigenvalue weighted by atomic mass is 9.73. The van der Waals surface area contributed by atoms with Crippen molar-refractivity contribution >= 4 is 0 Å². The van der Waals surface area contributed by atoms with Crippen LogP contribution in [0.1, 0.15) is 68.6 Å². The molecule has 2 heteroatoms. The van der Waals surface area contributed by atoms with E-state index in [1.165, 1.54) is 62.7 Å². The lowest BCUT2D eigenvalue weighted by Gasteiger charge is -2.49. The second kappa shape index (κ2) is 6.10. The molecular formula is C19H30N2. The van der Waals surface area contributed by atoms with Gasteiger partial charge in [0.1, 0.15) is 0 Å². The maximum Gasteiger partial charge on any atom is 0.0586 e. The number of likely N-dealkylation sites (tertiary alicyclic amines) is 1. The molecular weight excluding hydrogens is 256 g/mol. The van der Waals surface area contributed by atoms with E-state index in [1.807, 2.05) is 0 Å². The van der Waals surface area contributed by atoms with E-state index in [1.54, 1.807) is 5.56 Å². The van der Waals surface area contributed by atoms with Gasteiger partial charge in [0.05, 0.1) is 5.54 Å². The summed E-state index contributed by atoms with van der Waals surface area (Å²) in [4.78, 5) is 2.70. The third kappa shape index (κ3) is 2.64. The zero-order chi connectivity index (χ0) is 14.9. The first-order valence-electron chi connectivity index (χ1n) is 8.76. The van der Waals surface area contributed by atoms with Gasteiger partial charge in [-0.3, -0.25) is 4.90 Å². The van der Waals surface area contributed by atoms with Crippen LogP contribution >= 0.6 is 0 Å². The molecule has 2 aliphatic rings. The molecule has 2 N–H and O–H groups in total. The molecule has 1 aliphatic heterocycles.